The number of hydrogen-bond acceptors (Lipinski definition) is 3. The Morgan fingerprint density at radius 2 is 2.04 bits per heavy atom. The van der Waals surface area contributed by atoms with E-state index in [1.54, 1.807) is 10.7 Å². The van der Waals surface area contributed by atoms with E-state index in [9.17, 15) is 14.7 Å². The Morgan fingerprint density at radius 3 is 2.70 bits per heavy atom. The molecule has 2 heterocycles. The number of carbonyl (C=O) groups excluding carboxylic acids is 1. The predicted octanol–water partition coefficient (Wildman–Crippen LogP) is 1.71. The molecule has 1 aliphatic rings. The monoisotopic (exact) mass is 313 g/mol. The molecule has 120 valence electrons. The lowest BCUT2D eigenvalue weighted by atomic mass is 9.92. The molecule has 1 atom stereocenters. The number of carboxylic acid groups (broad SMARTS) is 1. The zero-order valence-electron chi connectivity index (χ0n) is 13.2. The van der Waals surface area contributed by atoms with Gasteiger partial charge >= 0.3 is 5.97 Å². The number of nitrogens with zero attached hydrogens (tertiary/aromatic N) is 3. The second kappa shape index (κ2) is 5.87. The van der Waals surface area contributed by atoms with Gasteiger partial charge in [-0.15, -0.1) is 0 Å². The van der Waals surface area contributed by atoms with Gasteiger partial charge in [-0.2, -0.15) is 5.10 Å². The van der Waals surface area contributed by atoms with Crippen molar-refractivity contribution in [3.05, 3.63) is 52.8 Å². The van der Waals surface area contributed by atoms with Crippen LogP contribution in [-0.4, -0.2) is 38.2 Å². The fraction of sp³-hybridized carbons (Fsp3) is 0.353. The van der Waals surface area contributed by atoms with Crippen LogP contribution in [0, 0.1) is 13.8 Å². The number of benzene rings is 1. The zero-order valence-corrected chi connectivity index (χ0v) is 13.2. The van der Waals surface area contributed by atoms with Gasteiger partial charge in [0.2, 0.25) is 5.91 Å². The van der Waals surface area contributed by atoms with Gasteiger partial charge in [-0.05, 0) is 37.5 Å². The Bertz CT molecular complexity index is 766. The van der Waals surface area contributed by atoms with Crippen molar-refractivity contribution in [1.29, 1.82) is 0 Å². The molecule has 3 rings (SSSR count). The number of carbonyl (C=O) groups is 2. The quantitative estimate of drug-likeness (QED) is 0.936. The summed E-state index contributed by atoms with van der Waals surface area (Å²) in [5.74, 6) is -1.23. The molecule has 1 aliphatic heterocycles. The Hall–Kier alpha value is -2.63. The van der Waals surface area contributed by atoms with Gasteiger partial charge in [0.05, 0.1) is 5.69 Å². The highest BCUT2D eigenvalue weighted by Crippen LogP contribution is 2.30. The third-order valence-electron chi connectivity index (χ3n) is 4.23. The van der Waals surface area contributed by atoms with Gasteiger partial charge in [0.1, 0.15) is 6.54 Å². The number of rotatable bonds is 3. The number of aryl methyl sites for hydroxylation is 2. The Kier molecular flexibility index (Phi) is 3.90. The minimum Gasteiger partial charge on any atom is -0.479 e. The molecule has 6 nitrogen and oxygen atoms in total. The minimum atomic E-state index is -1.00. The average molecular weight is 313 g/mol. The van der Waals surface area contributed by atoms with Crippen LogP contribution >= 0.6 is 0 Å². The van der Waals surface area contributed by atoms with Gasteiger partial charge < -0.3 is 10.0 Å². The standard InChI is InChI=1S/C17H19N3O3/c1-11-9-12(2)20(18-11)10-15(21)19-8-7-13-5-3-4-6-14(13)16(19)17(22)23/h3-6,9,16H,7-8,10H2,1-2H3,(H,22,23). The van der Waals surface area contributed by atoms with Gasteiger partial charge in [-0.25, -0.2) is 4.79 Å². The normalized spacial score (nSPS) is 17.0. The number of hydrogen-bond donors (Lipinski definition) is 1. The van der Waals surface area contributed by atoms with Crippen molar-refractivity contribution in [2.45, 2.75) is 32.9 Å². The van der Waals surface area contributed by atoms with E-state index >= 15 is 0 Å². The number of carboxylic acids is 1. The van der Waals surface area contributed by atoms with Crippen molar-refractivity contribution in [1.82, 2.24) is 14.7 Å². The third-order valence-corrected chi connectivity index (χ3v) is 4.23. The van der Waals surface area contributed by atoms with Crippen molar-refractivity contribution < 1.29 is 14.7 Å². The van der Waals surface area contributed by atoms with E-state index < -0.39 is 12.0 Å². The maximum absolute atomic E-state index is 12.7. The minimum absolute atomic E-state index is 0.0611. The highest BCUT2D eigenvalue weighted by molar-refractivity contribution is 5.85. The van der Waals surface area contributed by atoms with E-state index in [2.05, 4.69) is 5.10 Å². The van der Waals surface area contributed by atoms with Crippen LogP contribution in [-0.2, 0) is 22.6 Å². The van der Waals surface area contributed by atoms with Gasteiger partial charge in [-0.3, -0.25) is 9.48 Å². The summed E-state index contributed by atoms with van der Waals surface area (Å²) in [7, 11) is 0. The summed E-state index contributed by atoms with van der Waals surface area (Å²) in [6.45, 7) is 4.22. The molecule has 2 aromatic rings. The van der Waals surface area contributed by atoms with Crippen LogP contribution in [0.4, 0.5) is 0 Å². The van der Waals surface area contributed by atoms with Crippen LogP contribution < -0.4 is 0 Å². The topological polar surface area (TPSA) is 75.4 Å². The third kappa shape index (κ3) is 2.84. The van der Waals surface area contributed by atoms with E-state index in [0.717, 1.165) is 17.0 Å². The van der Waals surface area contributed by atoms with E-state index in [-0.39, 0.29) is 12.5 Å². The maximum atomic E-state index is 12.7. The molecule has 1 aromatic heterocycles. The molecule has 1 N–H and O–H groups in total. The van der Waals surface area contributed by atoms with E-state index in [1.807, 2.05) is 38.1 Å². The smallest absolute Gasteiger partial charge is 0.331 e. The first-order chi connectivity index (χ1) is 11.0. The van der Waals surface area contributed by atoms with Gasteiger partial charge in [0.15, 0.2) is 6.04 Å². The van der Waals surface area contributed by atoms with E-state index in [0.29, 0.717) is 18.5 Å². The largest absolute Gasteiger partial charge is 0.479 e. The molecule has 0 spiro atoms. The molecular formula is C17H19N3O3. The first-order valence-corrected chi connectivity index (χ1v) is 7.58. The number of aliphatic carboxylic acids is 1. The van der Waals surface area contributed by atoms with E-state index in [1.165, 1.54) is 4.90 Å². The molecule has 0 radical (unpaired) electrons. The molecule has 0 bridgehead atoms. The molecule has 0 saturated heterocycles. The molecule has 0 fully saturated rings. The molecule has 0 saturated carbocycles. The van der Waals surface area contributed by atoms with E-state index in [4.69, 9.17) is 0 Å². The summed E-state index contributed by atoms with van der Waals surface area (Å²) in [6.07, 6.45) is 0.669. The van der Waals surface area contributed by atoms with Gasteiger partial charge in [0, 0.05) is 12.2 Å². The Labute approximate surface area is 134 Å². The summed E-state index contributed by atoms with van der Waals surface area (Å²) in [4.78, 5) is 25.8. The molecule has 1 amide bonds. The van der Waals surface area contributed by atoms with Crippen molar-refractivity contribution in [3.8, 4) is 0 Å². The lowest BCUT2D eigenvalue weighted by Gasteiger charge is -2.34. The second-order valence-electron chi connectivity index (χ2n) is 5.86. The molecule has 23 heavy (non-hydrogen) atoms. The van der Waals surface area contributed by atoms with Crippen LogP contribution in [0.25, 0.3) is 0 Å². The fourth-order valence-corrected chi connectivity index (χ4v) is 3.16. The molecule has 0 aliphatic carbocycles. The summed E-state index contributed by atoms with van der Waals surface area (Å²) < 4.78 is 1.62. The van der Waals surface area contributed by atoms with Crippen LogP contribution in [0.2, 0.25) is 0 Å². The highest BCUT2D eigenvalue weighted by atomic mass is 16.4. The number of amides is 1. The van der Waals surface area contributed by atoms with Gasteiger partial charge in [0.25, 0.3) is 0 Å². The summed E-state index contributed by atoms with van der Waals surface area (Å²) >= 11 is 0. The van der Waals surface area contributed by atoms with Crippen LogP contribution in [0.5, 0.6) is 0 Å². The Balaban J connectivity index is 1.88. The first-order valence-electron chi connectivity index (χ1n) is 7.58. The summed E-state index contributed by atoms with van der Waals surface area (Å²) in [5, 5.41) is 13.9. The molecule has 1 aromatic carbocycles. The lowest BCUT2D eigenvalue weighted by Crippen LogP contribution is -2.45. The Morgan fingerprint density at radius 1 is 1.30 bits per heavy atom. The summed E-state index contributed by atoms with van der Waals surface area (Å²) in [5.41, 5.74) is 3.43. The molecular weight excluding hydrogens is 294 g/mol. The van der Waals surface area contributed by atoms with Crippen LogP contribution in [0.1, 0.15) is 28.6 Å². The predicted molar refractivity (Wildman–Crippen MR) is 83.9 cm³/mol. The summed E-state index contributed by atoms with van der Waals surface area (Å²) in [6, 6.07) is 8.39. The SMILES string of the molecule is Cc1cc(C)n(CC(=O)N2CCc3ccccc3C2C(=O)O)n1. The van der Waals surface area contributed by atoms with Crippen molar-refractivity contribution in [2.24, 2.45) is 0 Å². The van der Waals surface area contributed by atoms with Crippen LogP contribution in [0.15, 0.2) is 30.3 Å². The average Bonchev–Trinajstić information content (AvgIpc) is 2.83. The number of aromatic nitrogens is 2. The van der Waals surface area contributed by atoms with Crippen molar-refractivity contribution in [2.75, 3.05) is 6.54 Å². The molecule has 6 heteroatoms. The fourth-order valence-electron chi connectivity index (χ4n) is 3.16. The highest BCUT2D eigenvalue weighted by Gasteiger charge is 2.35. The van der Waals surface area contributed by atoms with Crippen molar-refractivity contribution in [3.63, 3.8) is 0 Å². The lowest BCUT2D eigenvalue weighted by molar-refractivity contribution is -0.151. The maximum Gasteiger partial charge on any atom is 0.331 e. The van der Waals surface area contributed by atoms with Gasteiger partial charge in [-0.1, -0.05) is 24.3 Å². The molecule has 1 unspecified atom stereocenters. The first kappa shape index (κ1) is 15.3. The van der Waals surface area contributed by atoms with Crippen LogP contribution in [0.3, 0.4) is 0 Å². The zero-order chi connectivity index (χ0) is 16.6. The van der Waals surface area contributed by atoms with Crippen molar-refractivity contribution >= 4 is 11.9 Å². The number of fused-ring (bicyclic) bond motifs is 1. The second-order valence-corrected chi connectivity index (χ2v) is 5.86.